The molecule has 1 aliphatic heterocycles. The van der Waals surface area contributed by atoms with Gasteiger partial charge in [-0.15, -0.1) is 0 Å². The van der Waals surface area contributed by atoms with Gasteiger partial charge in [-0.3, -0.25) is 9.59 Å². The summed E-state index contributed by atoms with van der Waals surface area (Å²) in [4.78, 5) is 27.1. The maximum absolute atomic E-state index is 12.6. The third kappa shape index (κ3) is 4.14. The third-order valence-corrected chi connectivity index (χ3v) is 5.40. The van der Waals surface area contributed by atoms with Crippen molar-refractivity contribution < 1.29 is 14.3 Å². The molecule has 0 radical (unpaired) electrons. The Bertz CT molecular complexity index is 631. The van der Waals surface area contributed by atoms with Gasteiger partial charge in [-0.2, -0.15) is 0 Å². The molecule has 136 valence electrons. The van der Waals surface area contributed by atoms with Gasteiger partial charge in [0.15, 0.2) is 0 Å². The number of amides is 2. The molecule has 1 heterocycles. The zero-order valence-electron chi connectivity index (χ0n) is 15.2. The number of para-hydroxylation sites is 1. The van der Waals surface area contributed by atoms with Crippen molar-refractivity contribution in [2.45, 2.75) is 45.1 Å². The number of benzene rings is 1. The summed E-state index contributed by atoms with van der Waals surface area (Å²) >= 11 is 0. The van der Waals surface area contributed by atoms with Crippen molar-refractivity contribution in [3.8, 4) is 5.75 Å². The molecular formula is C20H28N2O3. The average molecular weight is 344 g/mol. The number of carbonyl (C=O) groups is 2. The van der Waals surface area contributed by atoms with Crippen LogP contribution in [0.25, 0.3) is 0 Å². The summed E-state index contributed by atoms with van der Waals surface area (Å²) in [6.07, 6.45) is 4.47. The van der Waals surface area contributed by atoms with Crippen LogP contribution in [0.5, 0.6) is 5.75 Å². The van der Waals surface area contributed by atoms with Crippen molar-refractivity contribution in [3.05, 3.63) is 29.8 Å². The summed E-state index contributed by atoms with van der Waals surface area (Å²) < 4.78 is 5.35. The summed E-state index contributed by atoms with van der Waals surface area (Å²) in [5.41, 5.74) is 1.08. The second-order valence-electron chi connectivity index (χ2n) is 7.22. The van der Waals surface area contributed by atoms with E-state index in [9.17, 15) is 9.59 Å². The molecule has 1 saturated carbocycles. The minimum Gasteiger partial charge on any atom is -0.496 e. The van der Waals surface area contributed by atoms with Gasteiger partial charge in [0, 0.05) is 19.0 Å². The number of rotatable bonds is 6. The Morgan fingerprint density at radius 1 is 1.28 bits per heavy atom. The van der Waals surface area contributed by atoms with Gasteiger partial charge in [-0.1, -0.05) is 25.1 Å². The van der Waals surface area contributed by atoms with E-state index in [1.54, 1.807) is 7.11 Å². The summed E-state index contributed by atoms with van der Waals surface area (Å²) in [5, 5.41) is 3.02. The van der Waals surface area contributed by atoms with Crippen LogP contribution in [0.15, 0.2) is 24.3 Å². The normalized spacial score (nSPS) is 25.4. The fraction of sp³-hybridized carbons (Fsp3) is 0.600. The van der Waals surface area contributed by atoms with E-state index >= 15 is 0 Å². The van der Waals surface area contributed by atoms with Crippen LogP contribution in [-0.4, -0.2) is 43.0 Å². The number of piperidine rings is 1. The highest BCUT2D eigenvalue weighted by molar-refractivity contribution is 5.89. The van der Waals surface area contributed by atoms with Crippen LogP contribution >= 0.6 is 0 Å². The molecule has 1 N–H and O–H groups in total. The zero-order chi connectivity index (χ0) is 17.8. The molecule has 1 aromatic rings. The highest BCUT2D eigenvalue weighted by Gasteiger charge is 2.44. The number of ether oxygens (including phenoxy) is 1. The molecule has 2 amide bonds. The monoisotopic (exact) mass is 344 g/mol. The molecule has 5 heteroatoms. The first-order valence-corrected chi connectivity index (χ1v) is 9.32. The van der Waals surface area contributed by atoms with Crippen molar-refractivity contribution in [2.24, 2.45) is 11.8 Å². The molecule has 3 atom stereocenters. The maximum Gasteiger partial charge on any atom is 0.242 e. The molecule has 1 saturated heterocycles. The van der Waals surface area contributed by atoms with Crippen LogP contribution in [0.4, 0.5) is 0 Å². The molecule has 3 rings (SSSR count). The van der Waals surface area contributed by atoms with Crippen molar-refractivity contribution in [2.75, 3.05) is 20.2 Å². The van der Waals surface area contributed by atoms with Gasteiger partial charge >= 0.3 is 0 Å². The van der Waals surface area contributed by atoms with Gasteiger partial charge in [0.1, 0.15) is 11.8 Å². The van der Waals surface area contributed by atoms with Crippen molar-refractivity contribution in [1.29, 1.82) is 0 Å². The van der Waals surface area contributed by atoms with Crippen LogP contribution in [0.1, 0.15) is 38.2 Å². The highest BCUT2D eigenvalue weighted by atomic mass is 16.5. The lowest BCUT2D eigenvalue weighted by atomic mass is 10.00. The number of nitrogens with one attached hydrogen (secondary N) is 1. The molecule has 3 unspecified atom stereocenters. The number of hydrogen-bond acceptors (Lipinski definition) is 3. The molecule has 5 nitrogen and oxygen atoms in total. The zero-order valence-corrected chi connectivity index (χ0v) is 15.2. The van der Waals surface area contributed by atoms with E-state index in [0.717, 1.165) is 43.4 Å². The smallest absolute Gasteiger partial charge is 0.242 e. The Hall–Kier alpha value is -2.04. The Balaban J connectivity index is 1.54. The van der Waals surface area contributed by atoms with Crippen LogP contribution in [0.3, 0.4) is 0 Å². The standard InChI is InChI=1S/C20H28N2O3/c1-14-13-16(14)20(24)22-12-6-5-8-17(22)19(23)21-11-10-15-7-3-4-9-18(15)25-2/h3-4,7,9,14,16-17H,5-6,8,10-13H2,1-2H3,(H,21,23). The minimum atomic E-state index is -0.299. The van der Waals surface area contributed by atoms with Gasteiger partial charge in [-0.25, -0.2) is 0 Å². The Morgan fingerprint density at radius 2 is 2.04 bits per heavy atom. The molecule has 2 fully saturated rings. The largest absolute Gasteiger partial charge is 0.496 e. The third-order valence-electron chi connectivity index (χ3n) is 5.40. The van der Waals surface area contributed by atoms with Crippen molar-refractivity contribution >= 4 is 11.8 Å². The number of methoxy groups -OCH3 is 1. The van der Waals surface area contributed by atoms with E-state index in [4.69, 9.17) is 4.74 Å². The lowest BCUT2D eigenvalue weighted by Gasteiger charge is -2.35. The van der Waals surface area contributed by atoms with E-state index in [1.165, 1.54) is 0 Å². The molecule has 25 heavy (non-hydrogen) atoms. The Morgan fingerprint density at radius 3 is 2.76 bits per heavy atom. The summed E-state index contributed by atoms with van der Waals surface area (Å²) in [5.74, 6) is 1.62. The number of nitrogens with zero attached hydrogens (tertiary/aromatic N) is 1. The van der Waals surface area contributed by atoms with Crippen molar-refractivity contribution in [3.63, 3.8) is 0 Å². The average Bonchev–Trinajstić information content (AvgIpc) is 3.38. The van der Waals surface area contributed by atoms with E-state index in [0.29, 0.717) is 19.0 Å². The quantitative estimate of drug-likeness (QED) is 0.862. The van der Waals surface area contributed by atoms with E-state index < -0.39 is 0 Å². The molecular weight excluding hydrogens is 316 g/mol. The Labute approximate surface area is 149 Å². The summed E-state index contributed by atoms with van der Waals surface area (Å²) in [6.45, 7) is 3.37. The van der Waals surface area contributed by atoms with Crippen LogP contribution in [0.2, 0.25) is 0 Å². The van der Waals surface area contributed by atoms with E-state index in [-0.39, 0.29) is 23.8 Å². The lowest BCUT2D eigenvalue weighted by Crippen LogP contribution is -2.52. The summed E-state index contributed by atoms with van der Waals surface area (Å²) in [7, 11) is 1.65. The highest BCUT2D eigenvalue weighted by Crippen LogP contribution is 2.40. The van der Waals surface area contributed by atoms with Gasteiger partial charge in [0.05, 0.1) is 7.11 Å². The van der Waals surface area contributed by atoms with Gasteiger partial charge < -0.3 is 15.0 Å². The first kappa shape index (κ1) is 17.8. The fourth-order valence-electron chi connectivity index (χ4n) is 3.69. The number of hydrogen-bond donors (Lipinski definition) is 1. The second-order valence-corrected chi connectivity index (χ2v) is 7.22. The predicted octanol–water partition coefficient (Wildman–Crippen LogP) is 2.39. The topological polar surface area (TPSA) is 58.6 Å². The predicted molar refractivity (Wildman–Crippen MR) is 96.3 cm³/mol. The molecule has 1 aromatic carbocycles. The fourth-order valence-corrected chi connectivity index (χ4v) is 3.69. The molecule has 1 aliphatic carbocycles. The van der Waals surface area contributed by atoms with Gasteiger partial charge in [-0.05, 0) is 49.7 Å². The SMILES string of the molecule is COc1ccccc1CCNC(=O)C1CCCCN1C(=O)C1CC1C. The minimum absolute atomic E-state index is 0.0174. The van der Waals surface area contributed by atoms with Crippen LogP contribution in [0, 0.1) is 11.8 Å². The number of carbonyl (C=O) groups excluding carboxylic acids is 2. The molecule has 0 aromatic heterocycles. The van der Waals surface area contributed by atoms with E-state index in [2.05, 4.69) is 12.2 Å². The van der Waals surface area contributed by atoms with Gasteiger partial charge in [0.2, 0.25) is 11.8 Å². The lowest BCUT2D eigenvalue weighted by molar-refractivity contribution is -0.143. The number of likely N-dealkylation sites (tertiary alicyclic amines) is 1. The van der Waals surface area contributed by atoms with E-state index in [1.807, 2.05) is 29.2 Å². The molecule has 0 bridgehead atoms. The van der Waals surface area contributed by atoms with Gasteiger partial charge in [0.25, 0.3) is 0 Å². The van der Waals surface area contributed by atoms with Crippen molar-refractivity contribution in [1.82, 2.24) is 10.2 Å². The van der Waals surface area contributed by atoms with Crippen LogP contribution < -0.4 is 10.1 Å². The van der Waals surface area contributed by atoms with Crippen LogP contribution in [-0.2, 0) is 16.0 Å². The first-order valence-electron chi connectivity index (χ1n) is 9.32. The Kier molecular flexibility index (Phi) is 5.61. The molecule has 0 spiro atoms. The first-order chi connectivity index (χ1) is 12.1. The second kappa shape index (κ2) is 7.89. The summed E-state index contributed by atoms with van der Waals surface area (Å²) in [6, 6.07) is 7.54. The maximum atomic E-state index is 12.6. The molecule has 2 aliphatic rings.